The number of carbonyl (C=O) groups excluding carboxylic acids is 3. The Balaban J connectivity index is 1.19. The van der Waals surface area contributed by atoms with Gasteiger partial charge in [0.25, 0.3) is 17.7 Å². The van der Waals surface area contributed by atoms with Gasteiger partial charge in [0.1, 0.15) is 24.0 Å². The van der Waals surface area contributed by atoms with Gasteiger partial charge < -0.3 is 0 Å². The Kier molecular flexibility index (Phi) is 6.83. The highest BCUT2D eigenvalue weighted by atomic mass is 19.1. The molecule has 1 saturated heterocycles. The Labute approximate surface area is 249 Å². The molecule has 44 heavy (non-hydrogen) atoms. The number of hydrazone groups is 1. The van der Waals surface area contributed by atoms with Gasteiger partial charge in [0.05, 0.1) is 17.4 Å². The summed E-state index contributed by atoms with van der Waals surface area (Å²) in [4.78, 5) is 41.3. The van der Waals surface area contributed by atoms with E-state index in [-0.39, 0.29) is 17.4 Å². The van der Waals surface area contributed by atoms with E-state index in [0.29, 0.717) is 17.7 Å². The predicted octanol–water partition coefficient (Wildman–Crippen LogP) is 5.22. The first-order valence-corrected chi connectivity index (χ1v) is 14.2. The number of fused-ring (bicyclic) bond motifs is 2. The number of hydrogen-bond donors (Lipinski definition) is 0. The summed E-state index contributed by atoms with van der Waals surface area (Å²) in [6, 6.07) is 14.2. The molecule has 0 N–H and O–H groups in total. The molecule has 0 unspecified atom stereocenters. The summed E-state index contributed by atoms with van der Waals surface area (Å²) in [5.41, 5.74) is 3.19. The van der Waals surface area contributed by atoms with Crippen molar-refractivity contribution in [2.75, 3.05) is 11.4 Å². The highest BCUT2D eigenvalue weighted by Crippen LogP contribution is 2.45. The van der Waals surface area contributed by atoms with Crippen LogP contribution < -0.4 is 4.90 Å². The topological polar surface area (TPSA) is 98.0 Å². The molecule has 4 aliphatic rings. The fraction of sp³-hybridized carbons (Fsp3) is 0.250. The van der Waals surface area contributed by atoms with Gasteiger partial charge in [-0.25, -0.2) is 23.1 Å². The molecule has 0 bridgehead atoms. The van der Waals surface area contributed by atoms with E-state index in [1.807, 2.05) is 6.08 Å². The molecule has 3 aromatic rings. The monoisotopic (exact) mass is 598 g/mol. The second-order valence-corrected chi connectivity index (χ2v) is 11.1. The normalized spacial score (nSPS) is 25.1. The van der Waals surface area contributed by atoms with E-state index in [4.69, 9.17) is 5.10 Å². The summed E-state index contributed by atoms with van der Waals surface area (Å²) in [7, 11) is 0. The summed E-state index contributed by atoms with van der Waals surface area (Å²) in [6.45, 7) is -0.404. The van der Waals surface area contributed by atoms with E-state index in [1.54, 1.807) is 24.3 Å². The zero-order valence-electron chi connectivity index (χ0n) is 23.2. The maximum Gasteiger partial charge on any atom is 0.264 e. The molecule has 7 rings (SSSR count). The highest BCUT2D eigenvalue weighted by molar-refractivity contribution is 6.25. The van der Waals surface area contributed by atoms with E-state index in [0.717, 1.165) is 34.9 Å². The smallest absolute Gasteiger partial charge is 0.264 e. The molecule has 222 valence electrons. The lowest BCUT2D eigenvalue weighted by Gasteiger charge is -2.30. The second kappa shape index (κ2) is 10.9. The van der Waals surface area contributed by atoms with Crippen LogP contribution in [-0.4, -0.2) is 52.1 Å². The number of amides is 3. The fourth-order valence-electron chi connectivity index (χ4n) is 6.40. The SMILES string of the molecule is O=C1[C@@H]2N=NN(CC(=O)N3N=C4/C(=C/c5ccc(F)cc5)CCC[C@H]4[C@H]3c3ccc(F)cc3)[C@H]2C(=O)N1c1cccc(F)c1. The van der Waals surface area contributed by atoms with Crippen molar-refractivity contribution in [2.45, 2.75) is 37.4 Å². The number of allylic oxidation sites excluding steroid dienone is 1. The molecule has 2 fully saturated rings. The van der Waals surface area contributed by atoms with Gasteiger partial charge in [-0.2, -0.15) is 10.2 Å². The standard InChI is InChI=1S/C32H25F3N6O3/c33-21-11-7-18(8-12-21)15-20-3-1-6-25-27(20)37-41(29(25)19-9-13-22(34)14-10-19)26(42)17-39-30-28(36-38-39)31(43)40(32(30)44)24-5-2-4-23(35)16-24/h2,4-5,7-16,25,28-30H,1,3,6,17H2/b20-15+/t25-,28-,29-,30-/m1/s1. The van der Waals surface area contributed by atoms with Crippen LogP contribution in [0.15, 0.2) is 93.8 Å². The van der Waals surface area contributed by atoms with Gasteiger partial charge in [0.15, 0.2) is 12.1 Å². The quantitative estimate of drug-likeness (QED) is 0.376. The van der Waals surface area contributed by atoms with Gasteiger partial charge in [0.2, 0.25) is 0 Å². The zero-order chi connectivity index (χ0) is 30.5. The van der Waals surface area contributed by atoms with Crippen molar-refractivity contribution in [2.24, 2.45) is 21.4 Å². The van der Waals surface area contributed by atoms with Crippen LogP contribution in [0.2, 0.25) is 0 Å². The van der Waals surface area contributed by atoms with Crippen molar-refractivity contribution >= 4 is 35.2 Å². The first kappa shape index (κ1) is 27.7. The molecular weight excluding hydrogens is 573 g/mol. The van der Waals surface area contributed by atoms with Gasteiger partial charge in [-0.15, -0.1) is 0 Å². The number of benzene rings is 3. The Hall–Kier alpha value is -5.13. The van der Waals surface area contributed by atoms with Gasteiger partial charge in [-0.1, -0.05) is 35.6 Å². The van der Waals surface area contributed by atoms with Crippen LogP contribution in [0.3, 0.4) is 0 Å². The van der Waals surface area contributed by atoms with E-state index in [2.05, 4.69) is 10.3 Å². The van der Waals surface area contributed by atoms with Crippen molar-refractivity contribution in [3.05, 3.63) is 107 Å². The van der Waals surface area contributed by atoms with Crippen LogP contribution in [0, 0.1) is 23.4 Å². The van der Waals surface area contributed by atoms with E-state index in [1.165, 1.54) is 52.5 Å². The Morgan fingerprint density at radius 1 is 0.886 bits per heavy atom. The van der Waals surface area contributed by atoms with E-state index in [9.17, 15) is 27.6 Å². The third-order valence-electron chi connectivity index (χ3n) is 8.40. The minimum atomic E-state index is -1.16. The second-order valence-electron chi connectivity index (χ2n) is 11.1. The van der Waals surface area contributed by atoms with Crippen molar-refractivity contribution in [3.8, 4) is 0 Å². The lowest BCUT2D eigenvalue weighted by molar-refractivity contribution is -0.136. The van der Waals surface area contributed by atoms with Crippen LogP contribution in [0.1, 0.15) is 36.4 Å². The van der Waals surface area contributed by atoms with Crippen LogP contribution in [0.4, 0.5) is 18.9 Å². The average Bonchev–Trinajstić information content (AvgIpc) is 3.68. The van der Waals surface area contributed by atoms with Crippen molar-refractivity contribution in [1.29, 1.82) is 0 Å². The third kappa shape index (κ3) is 4.76. The molecule has 12 heteroatoms. The lowest BCUT2D eigenvalue weighted by atomic mass is 9.77. The third-order valence-corrected chi connectivity index (χ3v) is 8.40. The molecule has 0 radical (unpaired) electrons. The largest absolute Gasteiger partial charge is 0.271 e. The summed E-state index contributed by atoms with van der Waals surface area (Å²) >= 11 is 0. The van der Waals surface area contributed by atoms with Gasteiger partial charge >= 0.3 is 0 Å². The average molecular weight is 599 g/mol. The Morgan fingerprint density at radius 3 is 2.34 bits per heavy atom. The predicted molar refractivity (Wildman–Crippen MR) is 153 cm³/mol. The van der Waals surface area contributed by atoms with Crippen LogP contribution >= 0.6 is 0 Å². The van der Waals surface area contributed by atoms with E-state index < -0.39 is 54.0 Å². The first-order chi connectivity index (χ1) is 21.3. The molecule has 1 saturated carbocycles. The lowest BCUT2D eigenvalue weighted by Crippen LogP contribution is -2.45. The number of imide groups is 1. The van der Waals surface area contributed by atoms with Crippen molar-refractivity contribution in [3.63, 3.8) is 0 Å². The molecular formula is C32H25F3N6O3. The molecule has 3 aromatic carbocycles. The summed E-state index contributed by atoms with van der Waals surface area (Å²) in [5, 5.41) is 15.3. The van der Waals surface area contributed by atoms with Gasteiger partial charge in [-0.3, -0.25) is 19.4 Å². The molecule has 4 atom stereocenters. The van der Waals surface area contributed by atoms with Crippen molar-refractivity contribution in [1.82, 2.24) is 10.0 Å². The summed E-state index contributed by atoms with van der Waals surface area (Å²) in [6.07, 6.45) is 4.20. The molecule has 3 amide bonds. The van der Waals surface area contributed by atoms with E-state index >= 15 is 0 Å². The Morgan fingerprint density at radius 2 is 1.61 bits per heavy atom. The number of nitrogens with zero attached hydrogens (tertiary/aromatic N) is 6. The molecule has 3 heterocycles. The molecule has 0 spiro atoms. The van der Waals surface area contributed by atoms with Crippen LogP contribution in [-0.2, 0) is 14.4 Å². The number of carbonyl (C=O) groups is 3. The van der Waals surface area contributed by atoms with Gasteiger partial charge in [0, 0.05) is 5.92 Å². The minimum absolute atomic E-state index is 0.0720. The number of hydrogen-bond acceptors (Lipinski definition) is 7. The summed E-state index contributed by atoms with van der Waals surface area (Å²) < 4.78 is 41.3. The molecule has 9 nitrogen and oxygen atoms in total. The van der Waals surface area contributed by atoms with Crippen molar-refractivity contribution < 1.29 is 27.6 Å². The minimum Gasteiger partial charge on any atom is -0.271 e. The maximum absolute atomic E-state index is 14.0. The fourth-order valence-corrected chi connectivity index (χ4v) is 6.40. The summed E-state index contributed by atoms with van der Waals surface area (Å²) in [5.74, 6) is -3.36. The number of anilines is 1. The maximum atomic E-state index is 14.0. The molecule has 3 aliphatic heterocycles. The van der Waals surface area contributed by atoms with Crippen LogP contribution in [0.25, 0.3) is 6.08 Å². The van der Waals surface area contributed by atoms with Crippen LogP contribution in [0.5, 0.6) is 0 Å². The highest BCUT2D eigenvalue weighted by Gasteiger charge is 2.55. The number of halogens is 3. The van der Waals surface area contributed by atoms with Gasteiger partial charge in [-0.05, 0) is 84.5 Å². The zero-order valence-corrected chi connectivity index (χ0v) is 23.2. The molecule has 0 aromatic heterocycles. The molecule has 1 aliphatic carbocycles. The first-order valence-electron chi connectivity index (χ1n) is 14.2. The Bertz CT molecular complexity index is 1760. The number of rotatable bonds is 5.